The van der Waals surface area contributed by atoms with Gasteiger partial charge in [0.05, 0.1) is 6.10 Å². The first kappa shape index (κ1) is 11.5. The zero-order chi connectivity index (χ0) is 12.5. The van der Waals surface area contributed by atoms with E-state index in [0.29, 0.717) is 18.1 Å². The zero-order valence-electron chi connectivity index (χ0n) is 10.6. The maximum absolute atomic E-state index is 5.77. The third-order valence-corrected chi connectivity index (χ3v) is 3.46. The minimum atomic E-state index is 0.293. The minimum absolute atomic E-state index is 0.293. The third kappa shape index (κ3) is 2.48. The Balaban J connectivity index is 1.76. The molecule has 1 saturated heterocycles. The lowest BCUT2D eigenvalue weighted by molar-refractivity contribution is 0.121. The molecule has 0 bridgehead atoms. The average molecular weight is 249 g/mol. The SMILES string of the molecule is COC1CCN(c2cc(NC3CC3)nc(N)n2)C1. The molecule has 18 heavy (non-hydrogen) atoms. The molecule has 1 aromatic rings. The number of hydrogen-bond acceptors (Lipinski definition) is 6. The summed E-state index contributed by atoms with van der Waals surface area (Å²) >= 11 is 0. The van der Waals surface area contributed by atoms with Crippen LogP contribution in [0, 0.1) is 0 Å². The molecule has 0 aromatic carbocycles. The molecule has 1 atom stereocenters. The van der Waals surface area contributed by atoms with Gasteiger partial charge in [0.25, 0.3) is 0 Å². The van der Waals surface area contributed by atoms with E-state index in [1.54, 1.807) is 7.11 Å². The van der Waals surface area contributed by atoms with Crippen molar-refractivity contribution in [1.29, 1.82) is 0 Å². The number of aromatic nitrogens is 2. The van der Waals surface area contributed by atoms with Gasteiger partial charge in [-0.1, -0.05) is 0 Å². The topological polar surface area (TPSA) is 76.3 Å². The summed E-state index contributed by atoms with van der Waals surface area (Å²) in [6, 6.07) is 2.55. The van der Waals surface area contributed by atoms with Crippen LogP contribution in [-0.2, 0) is 4.74 Å². The van der Waals surface area contributed by atoms with Gasteiger partial charge in [-0.25, -0.2) is 0 Å². The van der Waals surface area contributed by atoms with Crippen molar-refractivity contribution >= 4 is 17.6 Å². The van der Waals surface area contributed by atoms with Crippen molar-refractivity contribution in [2.24, 2.45) is 0 Å². The molecule has 2 aliphatic rings. The number of hydrogen-bond donors (Lipinski definition) is 2. The number of nitrogens with one attached hydrogen (secondary N) is 1. The van der Waals surface area contributed by atoms with E-state index in [4.69, 9.17) is 10.5 Å². The van der Waals surface area contributed by atoms with Crippen LogP contribution in [-0.4, -0.2) is 42.3 Å². The lowest BCUT2D eigenvalue weighted by Crippen LogP contribution is -2.24. The molecule has 0 radical (unpaired) electrons. The number of methoxy groups -OCH3 is 1. The van der Waals surface area contributed by atoms with E-state index in [-0.39, 0.29) is 0 Å². The van der Waals surface area contributed by atoms with E-state index in [1.165, 1.54) is 12.8 Å². The molecule has 0 spiro atoms. The van der Waals surface area contributed by atoms with E-state index in [2.05, 4.69) is 20.2 Å². The summed E-state index contributed by atoms with van der Waals surface area (Å²) < 4.78 is 5.37. The number of nitrogen functional groups attached to an aromatic ring is 1. The Bertz CT molecular complexity index is 434. The molecule has 6 heteroatoms. The first-order chi connectivity index (χ1) is 8.74. The molecule has 3 N–H and O–H groups in total. The maximum Gasteiger partial charge on any atom is 0.223 e. The minimum Gasteiger partial charge on any atom is -0.380 e. The fourth-order valence-corrected chi connectivity index (χ4v) is 2.25. The molecule has 2 heterocycles. The first-order valence-electron chi connectivity index (χ1n) is 6.43. The standard InChI is InChI=1S/C12H19N5O/c1-18-9-4-5-17(7-9)11-6-10(14-8-2-3-8)15-12(13)16-11/h6,8-9H,2-5,7H2,1H3,(H3,13,14,15,16). The van der Waals surface area contributed by atoms with Gasteiger partial charge in [-0.2, -0.15) is 9.97 Å². The van der Waals surface area contributed by atoms with Crippen LogP contribution >= 0.6 is 0 Å². The molecular formula is C12H19N5O. The van der Waals surface area contributed by atoms with E-state index in [0.717, 1.165) is 31.1 Å². The Morgan fingerprint density at radius 2 is 2.22 bits per heavy atom. The van der Waals surface area contributed by atoms with Crippen LogP contribution in [0.2, 0.25) is 0 Å². The van der Waals surface area contributed by atoms with Gasteiger partial charge in [-0.15, -0.1) is 0 Å². The van der Waals surface area contributed by atoms with Gasteiger partial charge in [-0.05, 0) is 19.3 Å². The summed E-state index contributed by atoms with van der Waals surface area (Å²) in [5, 5.41) is 3.36. The van der Waals surface area contributed by atoms with Gasteiger partial charge in [0.15, 0.2) is 0 Å². The number of nitrogens with zero attached hydrogens (tertiary/aromatic N) is 3. The maximum atomic E-state index is 5.77. The van der Waals surface area contributed by atoms with Gasteiger partial charge in [0, 0.05) is 32.3 Å². The fourth-order valence-electron chi connectivity index (χ4n) is 2.25. The van der Waals surface area contributed by atoms with Crippen molar-refractivity contribution in [2.75, 3.05) is 36.1 Å². The Morgan fingerprint density at radius 3 is 2.89 bits per heavy atom. The van der Waals surface area contributed by atoms with E-state index in [9.17, 15) is 0 Å². The van der Waals surface area contributed by atoms with Crippen LogP contribution in [0.3, 0.4) is 0 Å². The Hall–Kier alpha value is -1.56. The summed E-state index contributed by atoms with van der Waals surface area (Å²) in [5.74, 6) is 2.06. The molecule has 0 amide bonds. The highest BCUT2D eigenvalue weighted by Crippen LogP contribution is 2.27. The van der Waals surface area contributed by atoms with Crippen molar-refractivity contribution in [3.8, 4) is 0 Å². The zero-order valence-corrected chi connectivity index (χ0v) is 10.6. The molecule has 1 aliphatic carbocycles. The summed E-state index contributed by atoms with van der Waals surface area (Å²) in [5.41, 5.74) is 5.77. The Labute approximate surface area is 107 Å². The molecule has 1 unspecified atom stereocenters. The molecule has 1 saturated carbocycles. The van der Waals surface area contributed by atoms with Gasteiger partial charge in [0.2, 0.25) is 5.95 Å². The predicted octanol–water partition coefficient (Wildman–Crippen LogP) is 0.858. The molecule has 1 aliphatic heterocycles. The highest BCUT2D eigenvalue weighted by molar-refractivity contribution is 5.54. The van der Waals surface area contributed by atoms with Crippen LogP contribution < -0.4 is 16.0 Å². The molecule has 98 valence electrons. The van der Waals surface area contributed by atoms with Gasteiger partial charge < -0.3 is 20.7 Å². The van der Waals surface area contributed by atoms with Crippen LogP contribution in [0.5, 0.6) is 0 Å². The Morgan fingerprint density at radius 1 is 1.39 bits per heavy atom. The highest BCUT2D eigenvalue weighted by Gasteiger charge is 2.25. The van der Waals surface area contributed by atoms with Gasteiger partial charge in [-0.3, -0.25) is 0 Å². The third-order valence-electron chi connectivity index (χ3n) is 3.46. The van der Waals surface area contributed by atoms with E-state index in [1.807, 2.05) is 6.07 Å². The van der Waals surface area contributed by atoms with Crippen molar-refractivity contribution in [2.45, 2.75) is 31.4 Å². The summed E-state index contributed by atoms with van der Waals surface area (Å²) in [6.07, 6.45) is 3.76. The summed E-state index contributed by atoms with van der Waals surface area (Å²) in [4.78, 5) is 10.7. The lowest BCUT2D eigenvalue weighted by atomic mass is 10.3. The second-order valence-electron chi connectivity index (χ2n) is 4.98. The van der Waals surface area contributed by atoms with E-state index < -0.39 is 0 Å². The molecule has 2 fully saturated rings. The number of anilines is 3. The summed E-state index contributed by atoms with van der Waals surface area (Å²) in [7, 11) is 1.75. The number of ether oxygens (including phenoxy) is 1. The van der Waals surface area contributed by atoms with Gasteiger partial charge >= 0.3 is 0 Å². The van der Waals surface area contributed by atoms with E-state index >= 15 is 0 Å². The predicted molar refractivity (Wildman–Crippen MR) is 70.7 cm³/mol. The monoisotopic (exact) mass is 249 g/mol. The molecule has 6 nitrogen and oxygen atoms in total. The smallest absolute Gasteiger partial charge is 0.223 e. The van der Waals surface area contributed by atoms with Crippen molar-refractivity contribution in [3.05, 3.63) is 6.07 Å². The Kier molecular flexibility index (Phi) is 2.95. The molecule has 1 aromatic heterocycles. The largest absolute Gasteiger partial charge is 0.380 e. The normalized spacial score (nSPS) is 23.4. The van der Waals surface area contributed by atoms with Crippen LogP contribution in [0.15, 0.2) is 6.07 Å². The van der Waals surface area contributed by atoms with Crippen molar-refractivity contribution < 1.29 is 4.74 Å². The second-order valence-corrected chi connectivity index (χ2v) is 4.98. The van der Waals surface area contributed by atoms with Crippen LogP contribution in [0.4, 0.5) is 17.6 Å². The van der Waals surface area contributed by atoms with Crippen molar-refractivity contribution in [3.63, 3.8) is 0 Å². The van der Waals surface area contributed by atoms with Crippen LogP contribution in [0.1, 0.15) is 19.3 Å². The fraction of sp³-hybridized carbons (Fsp3) is 0.667. The molecule has 3 rings (SSSR count). The summed E-state index contributed by atoms with van der Waals surface area (Å²) in [6.45, 7) is 1.83. The first-order valence-corrected chi connectivity index (χ1v) is 6.43. The molecular weight excluding hydrogens is 230 g/mol. The lowest BCUT2D eigenvalue weighted by Gasteiger charge is -2.18. The van der Waals surface area contributed by atoms with Crippen molar-refractivity contribution in [1.82, 2.24) is 9.97 Å². The number of rotatable bonds is 4. The average Bonchev–Trinajstić information content (AvgIpc) is 3.03. The highest BCUT2D eigenvalue weighted by atomic mass is 16.5. The van der Waals surface area contributed by atoms with Gasteiger partial charge in [0.1, 0.15) is 11.6 Å². The second kappa shape index (κ2) is 4.61. The number of nitrogens with two attached hydrogens (primary N) is 1. The van der Waals surface area contributed by atoms with Crippen LogP contribution in [0.25, 0.3) is 0 Å². The quantitative estimate of drug-likeness (QED) is 0.824.